The van der Waals surface area contributed by atoms with E-state index in [1.807, 2.05) is 0 Å². The summed E-state index contributed by atoms with van der Waals surface area (Å²) in [6.07, 6.45) is 0. The number of hydrogen-bond donors (Lipinski definition) is 0. The molecular formula is C30H16Cl7N3O7. The number of carbonyl (C=O) groups excluding carboxylic acids is 4. The van der Waals surface area contributed by atoms with E-state index < -0.39 is 60.9 Å². The fraction of sp³-hybridized carbons (Fsp3) is 0.200. The lowest BCUT2D eigenvalue weighted by Gasteiger charge is -2.36. The van der Waals surface area contributed by atoms with Crippen molar-refractivity contribution in [2.24, 2.45) is 11.8 Å². The van der Waals surface area contributed by atoms with Gasteiger partial charge in [0.1, 0.15) is 27.8 Å². The number of alkyl halides is 4. The summed E-state index contributed by atoms with van der Waals surface area (Å²) in [6, 6.07) is 16.9. The zero-order valence-corrected chi connectivity index (χ0v) is 28.4. The molecular weight excluding hydrogens is 763 g/mol. The van der Waals surface area contributed by atoms with Crippen molar-refractivity contribution in [3.05, 3.63) is 109 Å². The molecule has 17 heteroatoms. The summed E-state index contributed by atoms with van der Waals surface area (Å²) in [6.45, 7) is -0.810. The van der Waals surface area contributed by atoms with Crippen LogP contribution in [-0.2, 0) is 9.59 Å². The molecule has 1 saturated heterocycles. The van der Waals surface area contributed by atoms with Crippen LogP contribution in [0.25, 0.3) is 0 Å². The van der Waals surface area contributed by atoms with Gasteiger partial charge in [-0.2, -0.15) is 5.01 Å². The maximum atomic E-state index is 14.1. The molecule has 10 nitrogen and oxygen atoms in total. The molecule has 3 aliphatic rings. The van der Waals surface area contributed by atoms with Crippen molar-refractivity contribution >= 4 is 110 Å². The minimum atomic E-state index is -2.20. The van der Waals surface area contributed by atoms with Gasteiger partial charge in [-0.15, -0.1) is 23.2 Å². The van der Waals surface area contributed by atoms with Gasteiger partial charge >= 0.3 is 0 Å². The van der Waals surface area contributed by atoms with Gasteiger partial charge in [0.05, 0.1) is 37.4 Å². The number of hydrazine groups is 1. The molecule has 242 valence electrons. The standard InChI is InChI=1S/C30H16Cl7N3O7/c31-19-4-2-1-3-18(19)25(42)38(13-20(41)14-5-9-16(10-6-14)47-17-11-7-15(8-12-17)40(45)46)39-26(43)21-22(27(39)44)29(35)24(33)23(32)28(21,34)30(29,36)37/h1-12,21-22H,13H2/t21-,22-,28+,29+/m0/s1. The minimum absolute atomic E-state index is 0.0158. The molecule has 47 heavy (non-hydrogen) atoms. The Bertz CT molecular complexity index is 1880. The SMILES string of the molecule is O=C(CN(C(=O)c1ccccc1Cl)N1C(=O)[C@@H]2[C@@H](C1=O)[C@@]1(Cl)C(Cl)=C(Cl)[C@@]2(Cl)C1(Cl)Cl)c1ccc(Oc2ccc([N+](=O)[O-])cc2)cc1. The summed E-state index contributed by atoms with van der Waals surface area (Å²) in [7, 11) is 0. The molecule has 2 aliphatic carbocycles. The zero-order chi connectivity index (χ0) is 34.2. The summed E-state index contributed by atoms with van der Waals surface area (Å²) < 4.78 is 3.49. The lowest BCUT2D eigenvalue weighted by atomic mass is 9.84. The molecule has 2 bridgehead atoms. The van der Waals surface area contributed by atoms with Gasteiger partial charge in [0, 0.05) is 17.7 Å². The van der Waals surface area contributed by atoms with Crippen molar-refractivity contribution in [2.45, 2.75) is 14.1 Å². The van der Waals surface area contributed by atoms with E-state index in [1.165, 1.54) is 66.7 Å². The van der Waals surface area contributed by atoms with Gasteiger partial charge in [-0.05, 0) is 48.5 Å². The third-order valence-electron chi connectivity index (χ3n) is 8.22. The highest BCUT2D eigenvalue weighted by atomic mass is 35.5. The van der Waals surface area contributed by atoms with Crippen LogP contribution in [0.4, 0.5) is 5.69 Å². The minimum Gasteiger partial charge on any atom is -0.457 e. The third-order valence-corrected chi connectivity index (χ3v) is 12.8. The molecule has 3 amide bonds. The van der Waals surface area contributed by atoms with Crippen molar-refractivity contribution in [3.8, 4) is 11.5 Å². The average molecular weight is 779 g/mol. The zero-order valence-electron chi connectivity index (χ0n) is 23.1. The number of carbonyl (C=O) groups is 4. The number of non-ortho nitro benzene ring substituents is 1. The Hall–Kier alpha value is -3.09. The number of imide groups is 1. The van der Waals surface area contributed by atoms with Gasteiger partial charge in [0.15, 0.2) is 10.1 Å². The Morgan fingerprint density at radius 3 is 1.79 bits per heavy atom. The number of rotatable bonds is 8. The molecule has 1 aliphatic heterocycles. The molecule has 0 unspecified atom stereocenters. The molecule has 6 rings (SSSR count). The van der Waals surface area contributed by atoms with Crippen LogP contribution in [0.1, 0.15) is 20.7 Å². The van der Waals surface area contributed by atoms with E-state index in [0.29, 0.717) is 21.5 Å². The largest absolute Gasteiger partial charge is 0.457 e. The van der Waals surface area contributed by atoms with Crippen LogP contribution < -0.4 is 4.74 Å². The van der Waals surface area contributed by atoms with E-state index in [9.17, 15) is 29.3 Å². The van der Waals surface area contributed by atoms with Gasteiger partial charge in [0.2, 0.25) is 0 Å². The van der Waals surface area contributed by atoms with Gasteiger partial charge < -0.3 is 4.74 Å². The second kappa shape index (κ2) is 11.8. The molecule has 3 aromatic carbocycles. The van der Waals surface area contributed by atoms with Crippen LogP contribution in [0.3, 0.4) is 0 Å². The van der Waals surface area contributed by atoms with Crippen molar-refractivity contribution in [3.63, 3.8) is 0 Å². The summed E-state index contributed by atoms with van der Waals surface area (Å²) in [5.41, 5.74) is -0.155. The normalized spacial score (nSPS) is 25.6. The lowest BCUT2D eigenvalue weighted by molar-refractivity contribution is -0.384. The number of allylic oxidation sites excluding steroid dienone is 2. The highest BCUT2D eigenvalue weighted by molar-refractivity contribution is 6.66. The van der Waals surface area contributed by atoms with Crippen molar-refractivity contribution in [2.75, 3.05) is 6.54 Å². The quantitative estimate of drug-likeness (QED) is 0.0754. The van der Waals surface area contributed by atoms with Crippen LogP contribution in [0.5, 0.6) is 11.5 Å². The summed E-state index contributed by atoms with van der Waals surface area (Å²) in [4.78, 5) is 61.8. The molecule has 0 aromatic heterocycles. The predicted molar refractivity (Wildman–Crippen MR) is 176 cm³/mol. The Balaban J connectivity index is 1.32. The molecule has 0 radical (unpaired) electrons. The first-order valence-electron chi connectivity index (χ1n) is 13.4. The van der Waals surface area contributed by atoms with Crippen molar-refractivity contribution < 1.29 is 28.8 Å². The number of amides is 3. The van der Waals surface area contributed by atoms with Crippen molar-refractivity contribution in [1.29, 1.82) is 0 Å². The summed E-state index contributed by atoms with van der Waals surface area (Å²) in [5, 5.41) is 11.4. The average Bonchev–Trinajstić information content (AvgIpc) is 3.43. The number of benzene rings is 3. The predicted octanol–water partition coefficient (Wildman–Crippen LogP) is 7.73. The number of halogens is 7. The van der Waals surface area contributed by atoms with Gasteiger partial charge in [-0.25, -0.2) is 5.01 Å². The van der Waals surface area contributed by atoms with E-state index in [0.717, 1.165) is 0 Å². The second-order valence-electron chi connectivity index (χ2n) is 10.7. The number of fused-ring (bicyclic) bond motifs is 5. The number of Topliss-reactive ketones (excluding diaryl/α,β-unsaturated/α-hetero) is 1. The monoisotopic (exact) mass is 775 g/mol. The van der Waals surface area contributed by atoms with Crippen molar-refractivity contribution in [1.82, 2.24) is 10.0 Å². The van der Waals surface area contributed by atoms with E-state index in [4.69, 9.17) is 85.9 Å². The van der Waals surface area contributed by atoms with E-state index in [-0.39, 0.29) is 31.9 Å². The number of nitro benzene ring substituents is 1. The van der Waals surface area contributed by atoms with Crippen LogP contribution in [0, 0.1) is 22.0 Å². The summed E-state index contributed by atoms with van der Waals surface area (Å²) >= 11 is 45.9. The number of nitro groups is 1. The molecule has 2 fully saturated rings. The number of ether oxygens (including phenoxy) is 1. The molecule has 0 spiro atoms. The first kappa shape index (κ1) is 33.8. The molecule has 1 heterocycles. The highest BCUT2D eigenvalue weighted by Gasteiger charge is 2.88. The first-order chi connectivity index (χ1) is 22.1. The third kappa shape index (κ3) is 4.83. The summed E-state index contributed by atoms with van der Waals surface area (Å²) in [5.74, 6) is -6.23. The molecule has 0 N–H and O–H groups in total. The van der Waals surface area contributed by atoms with E-state index in [1.54, 1.807) is 6.07 Å². The van der Waals surface area contributed by atoms with Crippen LogP contribution in [-0.4, -0.2) is 59.1 Å². The number of nitrogens with zero attached hydrogens (tertiary/aromatic N) is 3. The van der Waals surface area contributed by atoms with Crippen LogP contribution in [0.2, 0.25) is 5.02 Å². The Kier molecular flexibility index (Phi) is 8.49. The molecule has 3 aromatic rings. The van der Waals surface area contributed by atoms with Gasteiger partial charge in [0.25, 0.3) is 23.4 Å². The second-order valence-corrected chi connectivity index (χ2v) is 14.4. The molecule has 4 atom stereocenters. The smallest absolute Gasteiger partial charge is 0.274 e. The Morgan fingerprint density at radius 2 is 1.30 bits per heavy atom. The van der Waals surface area contributed by atoms with E-state index >= 15 is 0 Å². The number of ketones is 1. The van der Waals surface area contributed by atoms with Crippen LogP contribution in [0.15, 0.2) is 82.9 Å². The van der Waals surface area contributed by atoms with Gasteiger partial charge in [-0.3, -0.25) is 29.3 Å². The Morgan fingerprint density at radius 1 is 0.809 bits per heavy atom. The molecule has 1 saturated carbocycles. The van der Waals surface area contributed by atoms with Crippen LogP contribution >= 0.6 is 81.2 Å². The lowest BCUT2D eigenvalue weighted by Crippen LogP contribution is -2.56. The Labute approximate surface area is 300 Å². The fourth-order valence-corrected chi connectivity index (χ4v) is 9.08. The fourth-order valence-electron chi connectivity index (χ4n) is 5.93. The van der Waals surface area contributed by atoms with Gasteiger partial charge in [-0.1, -0.05) is 70.1 Å². The highest BCUT2D eigenvalue weighted by Crippen LogP contribution is 2.77. The maximum Gasteiger partial charge on any atom is 0.274 e. The topological polar surface area (TPSA) is 127 Å². The number of hydrogen-bond acceptors (Lipinski definition) is 7. The van der Waals surface area contributed by atoms with E-state index in [2.05, 4.69) is 0 Å². The maximum absolute atomic E-state index is 14.1. The first-order valence-corrected chi connectivity index (χ1v) is 16.0.